The molecule has 1 aliphatic rings. The van der Waals surface area contributed by atoms with Gasteiger partial charge in [-0.25, -0.2) is 4.98 Å². The van der Waals surface area contributed by atoms with Crippen LogP contribution < -0.4 is 16.0 Å². The summed E-state index contributed by atoms with van der Waals surface area (Å²) in [7, 11) is 0. The predicted molar refractivity (Wildman–Crippen MR) is 129 cm³/mol. The zero-order valence-corrected chi connectivity index (χ0v) is 19.1. The zero-order valence-electron chi connectivity index (χ0n) is 19.1. The van der Waals surface area contributed by atoms with E-state index in [1.165, 1.54) is 0 Å². The van der Waals surface area contributed by atoms with E-state index in [-0.39, 0.29) is 18.2 Å². The Labute approximate surface area is 198 Å². The molecule has 1 amide bonds. The Kier molecular flexibility index (Phi) is 7.38. The number of pyridine rings is 1. The number of piperazine rings is 1. The van der Waals surface area contributed by atoms with E-state index in [2.05, 4.69) is 30.2 Å². The van der Waals surface area contributed by atoms with Crippen LogP contribution in [0.5, 0.6) is 0 Å². The third kappa shape index (κ3) is 6.10. The molecule has 10 heteroatoms. The minimum absolute atomic E-state index is 0.0102. The third-order valence-electron chi connectivity index (χ3n) is 5.55. The summed E-state index contributed by atoms with van der Waals surface area (Å²) in [4.78, 5) is 46.0. The van der Waals surface area contributed by atoms with E-state index in [9.17, 15) is 9.59 Å². The second-order valence-electron chi connectivity index (χ2n) is 8.10. The first kappa shape index (κ1) is 23.2. The highest BCUT2D eigenvalue weighted by Gasteiger charge is 2.21. The van der Waals surface area contributed by atoms with Crippen LogP contribution in [0, 0.1) is 0 Å². The molecule has 1 aromatic carbocycles. The topological polar surface area (TPSA) is 130 Å². The number of aromatic nitrogens is 4. The first-order valence-electron chi connectivity index (χ1n) is 11.3. The maximum Gasteiger partial charge on any atom is 0.233 e. The molecule has 3 heterocycles. The Morgan fingerprint density at radius 2 is 1.79 bits per heavy atom. The van der Waals surface area contributed by atoms with Gasteiger partial charge in [-0.15, -0.1) is 0 Å². The number of carbonyl (C=O) groups is 2. The van der Waals surface area contributed by atoms with Crippen molar-refractivity contribution in [1.82, 2.24) is 24.8 Å². The molecule has 2 aromatic heterocycles. The summed E-state index contributed by atoms with van der Waals surface area (Å²) in [5.74, 6) is 1.78. The summed E-state index contributed by atoms with van der Waals surface area (Å²) >= 11 is 0. The number of nitrogens with one attached hydrogen (secondary N) is 1. The minimum Gasteiger partial charge on any atom is -0.369 e. The predicted octanol–water partition coefficient (Wildman–Crippen LogP) is 1.61. The van der Waals surface area contributed by atoms with Crippen molar-refractivity contribution in [3.05, 3.63) is 65.6 Å². The average molecular weight is 461 g/mol. The van der Waals surface area contributed by atoms with Crippen molar-refractivity contribution in [2.24, 2.45) is 5.73 Å². The molecule has 3 N–H and O–H groups in total. The molecule has 0 unspecified atom stereocenters. The summed E-state index contributed by atoms with van der Waals surface area (Å²) in [5, 5.41) is 3.13. The van der Waals surface area contributed by atoms with Crippen molar-refractivity contribution in [3.63, 3.8) is 0 Å². The second kappa shape index (κ2) is 10.8. The van der Waals surface area contributed by atoms with Crippen LogP contribution in [0.25, 0.3) is 0 Å². The standard InChI is InChI=1S/C24H28N8O2/c1-2-21-27-23(30-24(29-21)32-12-10-31(11-13-32)16-20(25)34)28-22-15-18(8-9-26-22)19(33)14-17-6-4-3-5-7-17/h3-9,15H,2,10-14,16H2,1H3,(H2,25,34)(H,26,27,28,29,30). The van der Waals surface area contributed by atoms with Gasteiger partial charge < -0.3 is 16.0 Å². The minimum atomic E-state index is -0.328. The molecule has 0 bridgehead atoms. The Balaban J connectivity index is 1.47. The summed E-state index contributed by atoms with van der Waals surface area (Å²) in [6.45, 7) is 5.00. The lowest BCUT2D eigenvalue weighted by atomic mass is 10.0. The van der Waals surface area contributed by atoms with Crippen molar-refractivity contribution < 1.29 is 9.59 Å². The van der Waals surface area contributed by atoms with Crippen LogP contribution >= 0.6 is 0 Å². The van der Waals surface area contributed by atoms with Gasteiger partial charge in [0.05, 0.1) is 6.54 Å². The number of benzene rings is 1. The number of hydrogen-bond donors (Lipinski definition) is 2. The fourth-order valence-corrected chi connectivity index (χ4v) is 3.76. The Morgan fingerprint density at radius 3 is 2.50 bits per heavy atom. The third-order valence-corrected chi connectivity index (χ3v) is 5.55. The van der Waals surface area contributed by atoms with E-state index in [1.54, 1.807) is 18.3 Å². The lowest BCUT2D eigenvalue weighted by Gasteiger charge is -2.34. The van der Waals surface area contributed by atoms with Gasteiger partial charge in [0.2, 0.25) is 17.8 Å². The van der Waals surface area contributed by atoms with Crippen molar-refractivity contribution >= 4 is 29.4 Å². The quantitative estimate of drug-likeness (QED) is 0.457. The van der Waals surface area contributed by atoms with Gasteiger partial charge in [0, 0.05) is 50.8 Å². The Bertz CT molecular complexity index is 1150. The molecule has 1 aliphatic heterocycles. The molecule has 0 atom stereocenters. The monoisotopic (exact) mass is 460 g/mol. The highest BCUT2D eigenvalue weighted by Crippen LogP contribution is 2.18. The Morgan fingerprint density at radius 1 is 1.03 bits per heavy atom. The molecule has 1 saturated heterocycles. The van der Waals surface area contributed by atoms with Crippen LogP contribution in [-0.4, -0.2) is 69.3 Å². The molecule has 0 spiro atoms. The number of rotatable bonds is 9. The zero-order chi connectivity index (χ0) is 23.9. The molecule has 1 fully saturated rings. The van der Waals surface area contributed by atoms with Gasteiger partial charge in [-0.05, 0) is 17.7 Å². The van der Waals surface area contributed by atoms with Crippen LogP contribution in [0.1, 0.15) is 28.7 Å². The number of hydrogen-bond acceptors (Lipinski definition) is 9. The highest BCUT2D eigenvalue weighted by atomic mass is 16.1. The van der Waals surface area contributed by atoms with Crippen molar-refractivity contribution in [2.45, 2.75) is 19.8 Å². The first-order chi connectivity index (χ1) is 16.5. The molecule has 34 heavy (non-hydrogen) atoms. The number of aryl methyl sites for hydroxylation is 1. The van der Waals surface area contributed by atoms with Crippen LogP contribution in [0.4, 0.5) is 17.7 Å². The van der Waals surface area contributed by atoms with Crippen LogP contribution in [-0.2, 0) is 17.6 Å². The highest BCUT2D eigenvalue weighted by molar-refractivity contribution is 5.98. The van der Waals surface area contributed by atoms with Crippen LogP contribution in [0.15, 0.2) is 48.7 Å². The number of nitrogens with two attached hydrogens (primary N) is 1. The van der Waals surface area contributed by atoms with Gasteiger partial charge in [-0.2, -0.15) is 15.0 Å². The summed E-state index contributed by atoms with van der Waals surface area (Å²) in [6, 6.07) is 13.1. The second-order valence-corrected chi connectivity index (χ2v) is 8.10. The van der Waals surface area contributed by atoms with Gasteiger partial charge in [0.15, 0.2) is 5.78 Å². The molecule has 4 rings (SSSR count). The molecule has 0 saturated carbocycles. The molecule has 10 nitrogen and oxygen atoms in total. The lowest BCUT2D eigenvalue weighted by molar-refractivity contribution is -0.119. The van der Waals surface area contributed by atoms with E-state index < -0.39 is 0 Å². The fourth-order valence-electron chi connectivity index (χ4n) is 3.76. The lowest BCUT2D eigenvalue weighted by Crippen LogP contribution is -2.49. The number of amides is 1. The van der Waals surface area contributed by atoms with Crippen LogP contribution in [0.3, 0.4) is 0 Å². The summed E-state index contributed by atoms with van der Waals surface area (Å²) < 4.78 is 0. The van der Waals surface area contributed by atoms with Crippen molar-refractivity contribution in [3.8, 4) is 0 Å². The van der Waals surface area contributed by atoms with E-state index in [1.807, 2.05) is 42.2 Å². The SMILES string of the molecule is CCc1nc(Nc2cc(C(=O)Cc3ccccc3)ccn2)nc(N2CCN(CC(N)=O)CC2)n1. The van der Waals surface area contributed by atoms with Gasteiger partial charge in [-0.3, -0.25) is 14.5 Å². The molecule has 3 aromatic rings. The van der Waals surface area contributed by atoms with E-state index >= 15 is 0 Å². The molecular weight excluding hydrogens is 432 g/mol. The molecule has 0 aliphatic carbocycles. The number of Topliss-reactive ketones (excluding diaryl/α,β-unsaturated/α-hetero) is 1. The van der Waals surface area contributed by atoms with Crippen LogP contribution in [0.2, 0.25) is 0 Å². The summed E-state index contributed by atoms with van der Waals surface area (Å²) in [6.07, 6.45) is 2.57. The maximum atomic E-state index is 12.7. The Hall–Kier alpha value is -3.92. The van der Waals surface area contributed by atoms with Gasteiger partial charge in [0.1, 0.15) is 11.6 Å². The van der Waals surface area contributed by atoms with E-state index in [0.717, 1.165) is 5.56 Å². The number of nitrogens with zero attached hydrogens (tertiary/aromatic N) is 6. The molecule has 0 radical (unpaired) electrons. The smallest absolute Gasteiger partial charge is 0.233 e. The van der Waals surface area contributed by atoms with Crippen molar-refractivity contribution in [1.29, 1.82) is 0 Å². The number of carbonyl (C=O) groups excluding carboxylic acids is 2. The van der Waals surface area contributed by atoms with E-state index in [0.29, 0.717) is 68.1 Å². The first-order valence-corrected chi connectivity index (χ1v) is 11.3. The molecule has 176 valence electrons. The largest absolute Gasteiger partial charge is 0.369 e. The number of anilines is 3. The van der Waals surface area contributed by atoms with Crippen molar-refractivity contribution in [2.75, 3.05) is 42.9 Å². The number of primary amides is 1. The summed E-state index contributed by atoms with van der Waals surface area (Å²) in [5.41, 5.74) is 6.83. The fraction of sp³-hybridized carbons (Fsp3) is 0.333. The van der Waals surface area contributed by atoms with Gasteiger partial charge >= 0.3 is 0 Å². The maximum absolute atomic E-state index is 12.7. The number of ketones is 1. The molecular formula is C24H28N8O2. The van der Waals surface area contributed by atoms with Gasteiger partial charge in [0.25, 0.3) is 0 Å². The van der Waals surface area contributed by atoms with Gasteiger partial charge in [-0.1, -0.05) is 37.3 Å². The average Bonchev–Trinajstić information content (AvgIpc) is 2.84. The normalized spacial score (nSPS) is 14.1. The van der Waals surface area contributed by atoms with E-state index in [4.69, 9.17) is 5.73 Å².